The number of nitrogens with one attached hydrogen (secondary N) is 1. The number of ether oxygens (including phenoxy) is 1. The lowest BCUT2D eigenvalue weighted by Crippen LogP contribution is -2.45. The third-order valence-electron chi connectivity index (χ3n) is 4.30. The average molecular weight is 337 g/mol. The molecule has 4 nitrogen and oxygen atoms in total. The van der Waals surface area contributed by atoms with Gasteiger partial charge in [-0.05, 0) is 38.0 Å². The van der Waals surface area contributed by atoms with Crippen LogP contribution in [0.3, 0.4) is 0 Å². The maximum atomic E-state index is 12.6. The van der Waals surface area contributed by atoms with Crippen LogP contribution in [0.2, 0.25) is 0 Å². The summed E-state index contributed by atoms with van der Waals surface area (Å²) in [4.78, 5) is 14.6. The summed E-state index contributed by atoms with van der Waals surface area (Å²) in [6, 6.07) is 8.63. The van der Waals surface area contributed by atoms with Crippen molar-refractivity contribution in [2.75, 3.05) is 31.7 Å². The van der Waals surface area contributed by atoms with Crippen molar-refractivity contribution in [3.05, 3.63) is 29.8 Å². The van der Waals surface area contributed by atoms with E-state index in [9.17, 15) is 4.79 Å². The van der Waals surface area contributed by atoms with Gasteiger partial charge in [0, 0.05) is 43.1 Å². The van der Waals surface area contributed by atoms with Crippen LogP contribution in [0.5, 0.6) is 5.75 Å². The van der Waals surface area contributed by atoms with Crippen LogP contribution in [-0.4, -0.2) is 54.6 Å². The van der Waals surface area contributed by atoms with E-state index in [0.29, 0.717) is 12.5 Å². The Labute approximate surface area is 144 Å². The minimum absolute atomic E-state index is 0.206. The number of hydrogen-bond donors (Lipinski definition) is 1. The van der Waals surface area contributed by atoms with E-state index in [1.807, 2.05) is 28.8 Å². The molecule has 2 rings (SSSR count). The zero-order valence-electron chi connectivity index (χ0n) is 14.4. The topological polar surface area (TPSA) is 41.6 Å². The van der Waals surface area contributed by atoms with E-state index >= 15 is 0 Å². The number of carbonyl (C=O) groups is 1. The van der Waals surface area contributed by atoms with Gasteiger partial charge in [-0.25, -0.2) is 0 Å². The standard InChI is InChI=1S/C18H28N2O2S/c1-4-20(18(21)12-16-13-23-10-9-19-16)14(2)11-15-5-7-17(22-3)8-6-15/h5-8,14,16,19H,4,9-13H2,1-3H3. The lowest BCUT2D eigenvalue weighted by Gasteiger charge is -2.31. The molecule has 0 bridgehead atoms. The molecule has 0 saturated carbocycles. The van der Waals surface area contributed by atoms with E-state index < -0.39 is 0 Å². The monoisotopic (exact) mass is 336 g/mol. The molecule has 1 aromatic carbocycles. The van der Waals surface area contributed by atoms with Gasteiger partial charge in [-0.1, -0.05) is 12.1 Å². The van der Waals surface area contributed by atoms with Crippen molar-refractivity contribution in [1.29, 1.82) is 0 Å². The Morgan fingerprint density at radius 3 is 2.74 bits per heavy atom. The van der Waals surface area contributed by atoms with Crippen molar-refractivity contribution in [1.82, 2.24) is 10.2 Å². The van der Waals surface area contributed by atoms with Gasteiger partial charge in [0.15, 0.2) is 0 Å². The summed E-state index contributed by atoms with van der Waals surface area (Å²) in [6.07, 6.45) is 1.48. The van der Waals surface area contributed by atoms with E-state index in [0.717, 1.165) is 36.8 Å². The molecule has 1 heterocycles. The average Bonchev–Trinajstić information content (AvgIpc) is 2.57. The summed E-state index contributed by atoms with van der Waals surface area (Å²) in [6.45, 7) is 5.96. The minimum Gasteiger partial charge on any atom is -0.497 e. The van der Waals surface area contributed by atoms with Gasteiger partial charge >= 0.3 is 0 Å². The van der Waals surface area contributed by atoms with E-state index in [2.05, 4.69) is 31.3 Å². The predicted octanol–water partition coefficient (Wildman–Crippen LogP) is 2.57. The molecule has 0 aromatic heterocycles. The SMILES string of the molecule is CCN(C(=O)CC1CSCCN1)C(C)Cc1ccc(OC)cc1. The Bertz CT molecular complexity index is 486. The van der Waals surface area contributed by atoms with Gasteiger partial charge in [0.1, 0.15) is 5.75 Å². The van der Waals surface area contributed by atoms with Crippen LogP contribution >= 0.6 is 11.8 Å². The van der Waals surface area contributed by atoms with Gasteiger partial charge in [0.2, 0.25) is 5.91 Å². The van der Waals surface area contributed by atoms with Crippen LogP contribution in [0.4, 0.5) is 0 Å². The molecule has 1 N–H and O–H groups in total. The fraction of sp³-hybridized carbons (Fsp3) is 0.611. The number of benzene rings is 1. The largest absolute Gasteiger partial charge is 0.497 e. The van der Waals surface area contributed by atoms with Gasteiger partial charge in [0.25, 0.3) is 0 Å². The van der Waals surface area contributed by atoms with Crippen LogP contribution in [0.1, 0.15) is 25.8 Å². The number of likely N-dealkylation sites (N-methyl/N-ethyl adjacent to an activating group) is 1. The van der Waals surface area contributed by atoms with E-state index in [1.165, 1.54) is 5.56 Å². The summed E-state index contributed by atoms with van der Waals surface area (Å²) in [5.74, 6) is 3.31. The molecular weight excluding hydrogens is 308 g/mol. The van der Waals surface area contributed by atoms with Crippen molar-refractivity contribution in [3.63, 3.8) is 0 Å². The maximum Gasteiger partial charge on any atom is 0.224 e. The highest BCUT2D eigenvalue weighted by molar-refractivity contribution is 7.99. The van der Waals surface area contributed by atoms with Crippen molar-refractivity contribution < 1.29 is 9.53 Å². The molecule has 128 valence electrons. The molecule has 5 heteroatoms. The molecule has 0 radical (unpaired) electrons. The smallest absolute Gasteiger partial charge is 0.224 e. The second-order valence-electron chi connectivity index (χ2n) is 6.01. The van der Waals surface area contributed by atoms with Gasteiger partial charge in [-0.2, -0.15) is 11.8 Å². The molecule has 0 aliphatic carbocycles. The highest BCUT2D eigenvalue weighted by Gasteiger charge is 2.23. The number of rotatable bonds is 7. The fourth-order valence-corrected chi connectivity index (χ4v) is 3.97. The number of hydrogen-bond acceptors (Lipinski definition) is 4. The third kappa shape index (κ3) is 5.43. The molecule has 2 unspecified atom stereocenters. The summed E-state index contributed by atoms with van der Waals surface area (Å²) in [5.41, 5.74) is 1.23. The van der Waals surface area contributed by atoms with Gasteiger partial charge < -0.3 is 15.0 Å². The zero-order chi connectivity index (χ0) is 16.7. The molecule has 1 amide bonds. The van der Waals surface area contributed by atoms with Gasteiger partial charge in [-0.15, -0.1) is 0 Å². The van der Waals surface area contributed by atoms with Crippen LogP contribution in [-0.2, 0) is 11.2 Å². The van der Waals surface area contributed by atoms with E-state index in [4.69, 9.17) is 4.74 Å². The molecule has 1 aliphatic rings. The second-order valence-corrected chi connectivity index (χ2v) is 7.16. The maximum absolute atomic E-state index is 12.6. The van der Waals surface area contributed by atoms with E-state index in [1.54, 1.807) is 7.11 Å². The molecule has 0 spiro atoms. The van der Waals surface area contributed by atoms with Crippen LogP contribution < -0.4 is 10.1 Å². The first-order valence-electron chi connectivity index (χ1n) is 8.37. The molecule has 23 heavy (non-hydrogen) atoms. The summed E-state index contributed by atoms with van der Waals surface area (Å²) < 4.78 is 5.19. The van der Waals surface area contributed by atoms with E-state index in [-0.39, 0.29) is 11.9 Å². The molecule has 1 aliphatic heterocycles. The summed E-state index contributed by atoms with van der Waals surface area (Å²) >= 11 is 1.93. The Morgan fingerprint density at radius 1 is 1.43 bits per heavy atom. The number of amides is 1. The quantitative estimate of drug-likeness (QED) is 0.831. The highest BCUT2D eigenvalue weighted by atomic mass is 32.2. The molecule has 2 atom stereocenters. The van der Waals surface area contributed by atoms with Crippen molar-refractivity contribution >= 4 is 17.7 Å². The second kappa shape index (κ2) is 9.18. The normalized spacial score (nSPS) is 19.2. The fourth-order valence-electron chi connectivity index (χ4n) is 3.03. The zero-order valence-corrected chi connectivity index (χ0v) is 15.2. The number of nitrogens with zero attached hydrogens (tertiary/aromatic N) is 1. The molecular formula is C18H28N2O2S. The summed E-state index contributed by atoms with van der Waals surface area (Å²) in [5, 5.41) is 3.45. The first-order chi connectivity index (χ1) is 11.1. The van der Waals surface area contributed by atoms with Crippen molar-refractivity contribution in [2.45, 2.75) is 38.8 Å². The molecule has 1 aromatic rings. The molecule has 1 fully saturated rings. The Balaban J connectivity index is 1.90. The lowest BCUT2D eigenvalue weighted by atomic mass is 10.0. The number of thioether (sulfide) groups is 1. The van der Waals surface area contributed by atoms with Gasteiger partial charge in [0.05, 0.1) is 7.11 Å². The van der Waals surface area contributed by atoms with Crippen molar-refractivity contribution in [3.8, 4) is 5.75 Å². The minimum atomic E-state index is 0.206. The predicted molar refractivity (Wildman–Crippen MR) is 97.3 cm³/mol. The number of carbonyl (C=O) groups excluding carboxylic acids is 1. The van der Waals surface area contributed by atoms with Crippen LogP contribution in [0, 0.1) is 0 Å². The van der Waals surface area contributed by atoms with Crippen LogP contribution in [0.25, 0.3) is 0 Å². The molecule has 1 saturated heterocycles. The number of methoxy groups -OCH3 is 1. The first-order valence-corrected chi connectivity index (χ1v) is 9.53. The van der Waals surface area contributed by atoms with Crippen LogP contribution in [0.15, 0.2) is 24.3 Å². The Morgan fingerprint density at radius 2 is 2.17 bits per heavy atom. The third-order valence-corrected chi connectivity index (χ3v) is 5.43. The Hall–Kier alpha value is -1.20. The lowest BCUT2D eigenvalue weighted by molar-refractivity contribution is -0.133. The summed E-state index contributed by atoms with van der Waals surface area (Å²) in [7, 11) is 1.67. The highest BCUT2D eigenvalue weighted by Crippen LogP contribution is 2.16. The van der Waals surface area contributed by atoms with Crippen molar-refractivity contribution in [2.24, 2.45) is 0 Å². The Kier molecular flexibility index (Phi) is 7.24. The first kappa shape index (κ1) is 18.1. The van der Waals surface area contributed by atoms with Gasteiger partial charge in [-0.3, -0.25) is 4.79 Å².